The molecule has 0 fully saturated rings. The molecule has 1 aromatic carbocycles. The summed E-state index contributed by atoms with van der Waals surface area (Å²) in [7, 11) is 0. The molecule has 0 aliphatic carbocycles. The van der Waals surface area contributed by atoms with Crippen LogP contribution in [0.5, 0.6) is 5.75 Å². The van der Waals surface area contributed by atoms with Crippen LogP contribution in [-0.4, -0.2) is 5.60 Å². The lowest BCUT2D eigenvalue weighted by molar-refractivity contribution is 0.132. The van der Waals surface area contributed by atoms with E-state index < -0.39 is 0 Å². The van der Waals surface area contributed by atoms with E-state index in [4.69, 9.17) is 33.7 Å². The van der Waals surface area contributed by atoms with Crippen molar-refractivity contribution < 1.29 is 4.74 Å². The Morgan fingerprint density at radius 3 is 2.14 bits per heavy atom. The summed E-state index contributed by atoms with van der Waals surface area (Å²) in [6.07, 6.45) is 0. The van der Waals surface area contributed by atoms with Crippen LogP contribution in [0.2, 0.25) is 10.0 Å². The van der Waals surface area contributed by atoms with Gasteiger partial charge in [-0.15, -0.1) is 0 Å². The summed E-state index contributed by atoms with van der Waals surface area (Å²) in [5.74, 6) is 0.562. The lowest BCUT2D eigenvalue weighted by Gasteiger charge is -2.22. The molecular formula is C10H13Cl2NO. The first-order valence-electron chi connectivity index (χ1n) is 4.23. The number of hydrogen-bond acceptors (Lipinski definition) is 2. The van der Waals surface area contributed by atoms with Gasteiger partial charge in [-0.05, 0) is 26.8 Å². The van der Waals surface area contributed by atoms with Crippen molar-refractivity contribution in [2.45, 2.75) is 26.4 Å². The molecule has 0 radical (unpaired) electrons. The van der Waals surface area contributed by atoms with Crippen molar-refractivity contribution in [2.24, 2.45) is 0 Å². The second-order valence-electron chi connectivity index (χ2n) is 4.02. The fourth-order valence-electron chi connectivity index (χ4n) is 0.962. The SMILES string of the molecule is CC(C)(C)Oc1cc(Cl)c(Cl)cc1N. The summed E-state index contributed by atoms with van der Waals surface area (Å²) in [5, 5.41) is 0.880. The first-order valence-corrected chi connectivity index (χ1v) is 4.99. The summed E-state index contributed by atoms with van der Waals surface area (Å²) in [6, 6.07) is 3.22. The summed E-state index contributed by atoms with van der Waals surface area (Å²) in [6.45, 7) is 5.82. The van der Waals surface area contributed by atoms with Crippen LogP contribution < -0.4 is 10.5 Å². The van der Waals surface area contributed by atoms with Crippen molar-refractivity contribution >= 4 is 28.9 Å². The Balaban J connectivity index is 3.04. The van der Waals surface area contributed by atoms with E-state index in [-0.39, 0.29) is 5.60 Å². The Labute approximate surface area is 94.0 Å². The number of halogens is 2. The summed E-state index contributed by atoms with van der Waals surface area (Å²) >= 11 is 11.6. The van der Waals surface area contributed by atoms with Gasteiger partial charge >= 0.3 is 0 Å². The summed E-state index contributed by atoms with van der Waals surface area (Å²) < 4.78 is 5.60. The molecule has 0 heterocycles. The molecule has 0 unspecified atom stereocenters. The van der Waals surface area contributed by atoms with Crippen LogP contribution >= 0.6 is 23.2 Å². The zero-order valence-corrected chi connectivity index (χ0v) is 9.91. The average Bonchev–Trinajstić information content (AvgIpc) is 1.97. The zero-order valence-electron chi connectivity index (χ0n) is 8.40. The molecule has 1 aromatic rings. The molecule has 4 heteroatoms. The van der Waals surface area contributed by atoms with E-state index in [1.54, 1.807) is 12.1 Å². The highest BCUT2D eigenvalue weighted by molar-refractivity contribution is 6.42. The molecule has 0 saturated carbocycles. The third-order valence-corrected chi connectivity index (χ3v) is 2.19. The summed E-state index contributed by atoms with van der Waals surface area (Å²) in [4.78, 5) is 0. The molecule has 0 saturated heterocycles. The number of rotatable bonds is 1. The van der Waals surface area contributed by atoms with Gasteiger partial charge in [0.25, 0.3) is 0 Å². The number of nitrogen functional groups attached to an aromatic ring is 1. The molecule has 14 heavy (non-hydrogen) atoms. The molecular weight excluding hydrogens is 221 g/mol. The van der Waals surface area contributed by atoms with Gasteiger partial charge < -0.3 is 10.5 Å². The maximum atomic E-state index is 5.85. The molecule has 0 bridgehead atoms. The monoisotopic (exact) mass is 233 g/mol. The number of benzene rings is 1. The fraction of sp³-hybridized carbons (Fsp3) is 0.400. The van der Waals surface area contributed by atoms with Crippen molar-refractivity contribution in [1.29, 1.82) is 0 Å². The van der Waals surface area contributed by atoms with Gasteiger partial charge in [-0.25, -0.2) is 0 Å². The van der Waals surface area contributed by atoms with E-state index in [0.717, 1.165) is 0 Å². The van der Waals surface area contributed by atoms with E-state index in [9.17, 15) is 0 Å². The maximum absolute atomic E-state index is 5.85. The van der Waals surface area contributed by atoms with E-state index in [0.29, 0.717) is 21.5 Å². The molecule has 78 valence electrons. The molecule has 2 nitrogen and oxygen atoms in total. The largest absolute Gasteiger partial charge is 0.486 e. The van der Waals surface area contributed by atoms with Crippen LogP contribution in [-0.2, 0) is 0 Å². The van der Waals surface area contributed by atoms with Crippen LogP contribution in [0.3, 0.4) is 0 Å². The summed E-state index contributed by atoms with van der Waals surface area (Å²) in [5.41, 5.74) is 5.92. The average molecular weight is 234 g/mol. The minimum absolute atomic E-state index is 0.300. The maximum Gasteiger partial charge on any atom is 0.144 e. The molecule has 0 amide bonds. The first-order chi connectivity index (χ1) is 6.29. The van der Waals surface area contributed by atoms with Gasteiger partial charge in [0.1, 0.15) is 11.4 Å². The van der Waals surface area contributed by atoms with Gasteiger partial charge in [-0.3, -0.25) is 0 Å². The smallest absolute Gasteiger partial charge is 0.144 e. The van der Waals surface area contributed by atoms with Crippen LogP contribution in [0.1, 0.15) is 20.8 Å². The minimum atomic E-state index is -0.300. The third-order valence-electron chi connectivity index (χ3n) is 1.47. The van der Waals surface area contributed by atoms with Crippen molar-refractivity contribution in [3.8, 4) is 5.75 Å². The standard InChI is InChI=1S/C10H13Cl2NO/c1-10(2,3)14-9-5-7(12)6(11)4-8(9)13/h4-5H,13H2,1-3H3. The van der Waals surface area contributed by atoms with Crippen LogP contribution in [0.15, 0.2) is 12.1 Å². The predicted molar refractivity (Wildman–Crippen MR) is 61.3 cm³/mol. The second kappa shape index (κ2) is 3.87. The molecule has 2 N–H and O–H groups in total. The molecule has 0 atom stereocenters. The van der Waals surface area contributed by atoms with Crippen molar-refractivity contribution in [3.05, 3.63) is 22.2 Å². The Hall–Kier alpha value is -0.600. The van der Waals surface area contributed by atoms with Crippen molar-refractivity contribution in [3.63, 3.8) is 0 Å². The highest BCUT2D eigenvalue weighted by atomic mass is 35.5. The van der Waals surface area contributed by atoms with E-state index in [1.807, 2.05) is 20.8 Å². The minimum Gasteiger partial charge on any atom is -0.486 e. The lowest BCUT2D eigenvalue weighted by atomic mass is 10.2. The highest BCUT2D eigenvalue weighted by Gasteiger charge is 2.15. The second-order valence-corrected chi connectivity index (χ2v) is 4.83. The van der Waals surface area contributed by atoms with Crippen LogP contribution in [0, 0.1) is 0 Å². The van der Waals surface area contributed by atoms with Gasteiger partial charge in [-0.2, -0.15) is 0 Å². The number of hydrogen-bond donors (Lipinski definition) is 1. The van der Waals surface area contributed by atoms with E-state index in [2.05, 4.69) is 0 Å². The number of anilines is 1. The predicted octanol–water partition coefficient (Wildman–Crippen LogP) is 3.75. The van der Waals surface area contributed by atoms with Gasteiger partial charge in [0.15, 0.2) is 0 Å². The van der Waals surface area contributed by atoms with Crippen molar-refractivity contribution in [1.82, 2.24) is 0 Å². The Morgan fingerprint density at radius 2 is 1.64 bits per heavy atom. The van der Waals surface area contributed by atoms with Crippen molar-refractivity contribution in [2.75, 3.05) is 5.73 Å². The zero-order chi connectivity index (χ0) is 10.9. The van der Waals surface area contributed by atoms with Gasteiger partial charge in [-0.1, -0.05) is 23.2 Å². The Morgan fingerprint density at radius 1 is 1.14 bits per heavy atom. The molecule has 0 aromatic heterocycles. The Bertz CT molecular complexity index is 345. The quantitative estimate of drug-likeness (QED) is 0.751. The number of nitrogens with two attached hydrogens (primary N) is 1. The van der Waals surface area contributed by atoms with Crippen LogP contribution in [0.25, 0.3) is 0 Å². The van der Waals surface area contributed by atoms with Gasteiger partial charge in [0.2, 0.25) is 0 Å². The normalized spacial score (nSPS) is 11.5. The first kappa shape index (κ1) is 11.5. The highest BCUT2D eigenvalue weighted by Crippen LogP contribution is 2.34. The number of ether oxygens (including phenoxy) is 1. The molecule has 0 aliphatic rings. The van der Waals surface area contributed by atoms with Gasteiger partial charge in [0, 0.05) is 6.07 Å². The molecule has 0 aliphatic heterocycles. The molecule has 0 spiro atoms. The third kappa shape index (κ3) is 2.96. The fourth-order valence-corrected chi connectivity index (χ4v) is 1.29. The van der Waals surface area contributed by atoms with E-state index in [1.165, 1.54) is 0 Å². The van der Waals surface area contributed by atoms with Crippen LogP contribution in [0.4, 0.5) is 5.69 Å². The molecule has 1 rings (SSSR count). The van der Waals surface area contributed by atoms with E-state index >= 15 is 0 Å². The van der Waals surface area contributed by atoms with Gasteiger partial charge in [0.05, 0.1) is 15.7 Å². The lowest BCUT2D eigenvalue weighted by Crippen LogP contribution is -2.23. The topological polar surface area (TPSA) is 35.2 Å². The Kier molecular flexibility index (Phi) is 3.17.